The molecule has 0 saturated heterocycles. The monoisotopic (exact) mass is 315 g/mol. The van der Waals surface area contributed by atoms with Crippen LogP contribution in [0.15, 0.2) is 53.0 Å². The topological polar surface area (TPSA) is 36.0 Å². The number of H-pyrrole nitrogens is 1. The van der Waals surface area contributed by atoms with Crippen molar-refractivity contribution >= 4 is 26.8 Å². The highest BCUT2D eigenvalue weighted by Gasteiger charge is 2.18. The normalized spacial score (nSPS) is 12.8. The van der Waals surface area contributed by atoms with Gasteiger partial charge in [-0.1, -0.05) is 46.3 Å². The lowest BCUT2D eigenvalue weighted by Gasteiger charge is -2.12. The fourth-order valence-electron chi connectivity index (χ4n) is 2.49. The number of fused-ring (bicyclic) bond motifs is 1. The summed E-state index contributed by atoms with van der Waals surface area (Å²) in [5.41, 5.74) is 3.91. The Morgan fingerprint density at radius 3 is 2.68 bits per heavy atom. The molecule has 0 spiro atoms. The average Bonchev–Trinajstić information content (AvgIpc) is 2.74. The molecule has 0 aliphatic heterocycles. The first-order valence-electron chi connectivity index (χ1n) is 6.17. The van der Waals surface area contributed by atoms with Gasteiger partial charge in [0.25, 0.3) is 0 Å². The van der Waals surface area contributed by atoms with Crippen LogP contribution in [0.5, 0.6) is 0 Å². The van der Waals surface area contributed by atoms with Crippen LogP contribution in [0.25, 0.3) is 10.9 Å². The lowest BCUT2D eigenvalue weighted by atomic mass is 9.99. The largest absolute Gasteiger partial charge is 0.384 e. The molecular weight excluding hydrogens is 302 g/mol. The Morgan fingerprint density at radius 2 is 1.89 bits per heavy atom. The summed E-state index contributed by atoms with van der Waals surface area (Å²) < 4.78 is 0.974. The molecule has 2 N–H and O–H groups in total. The van der Waals surface area contributed by atoms with Crippen LogP contribution in [0.2, 0.25) is 0 Å². The molecule has 3 aromatic rings. The second-order valence-corrected chi connectivity index (χ2v) is 5.58. The molecule has 0 fully saturated rings. The molecule has 0 bridgehead atoms. The van der Waals surface area contributed by atoms with Gasteiger partial charge in [-0.3, -0.25) is 0 Å². The Labute approximate surface area is 120 Å². The highest BCUT2D eigenvalue weighted by atomic mass is 79.9. The van der Waals surface area contributed by atoms with E-state index in [9.17, 15) is 5.11 Å². The van der Waals surface area contributed by atoms with E-state index in [1.807, 2.05) is 55.5 Å². The molecule has 0 amide bonds. The van der Waals surface area contributed by atoms with E-state index >= 15 is 0 Å². The molecule has 2 aromatic carbocycles. The van der Waals surface area contributed by atoms with Crippen molar-refractivity contribution in [1.29, 1.82) is 0 Å². The summed E-state index contributed by atoms with van der Waals surface area (Å²) in [6.07, 6.45) is -0.617. The number of nitrogens with one attached hydrogen (secondary N) is 1. The smallest absolute Gasteiger partial charge is 0.106 e. The van der Waals surface area contributed by atoms with Crippen molar-refractivity contribution in [2.24, 2.45) is 0 Å². The van der Waals surface area contributed by atoms with Crippen LogP contribution in [-0.4, -0.2) is 10.1 Å². The maximum atomic E-state index is 10.6. The molecule has 2 nitrogen and oxygen atoms in total. The fourth-order valence-corrected chi connectivity index (χ4v) is 2.91. The molecule has 3 heteroatoms. The summed E-state index contributed by atoms with van der Waals surface area (Å²) in [7, 11) is 0. The minimum Gasteiger partial charge on any atom is -0.384 e. The second-order valence-electron chi connectivity index (χ2n) is 4.67. The molecule has 1 unspecified atom stereocenters. The number of benzene rings is 2. The number of para-hydroxylation sites is 1. The number of aromatic nitrogens is 1. The van der Waals surface area contributed by atoms with Crippen molar-refractivity contribution in [3.63, 3.8) is 0 Å². The fraction of sp³-hybridized carbons (Fsp3) is 0.125. The van der Waals surface area contributed by atoms with Crippen LogP contribution in [-0.2, 0) is 0 Å². The SMILES string of the molecule is Cc1[nH]c2ccccc2c1C(O)c1cccc(Br)c1. The molecule has 1 heterocycles. The third-order valence-corrected chi connectivity index (χ3v) is 3.87. The summed E-state index contributed by atoms with van der Waals surface area (Å²) in [6.45, 7) is 2.00. The first-order chi connectivity index (χ1) is 9.16. The molecule has 96 valence electrons. The van der Waals surface area contributed by atoms with Crippen molar-refractivity contribution in [2.45, 2.75) is 13.0 Å². The molecule has 3 rings (SSSR count). The number of aliphatic hydroxyl groups excluding tert-OH is 1. The van der Waals surface area contributed by atoms with Gasteiger partial charge in [-0.2, -0.15) is 0 Å². The molecule has 19 heavy (non-hydrogen) atoms. The molecule has 1 aromatic heterocycles. The number of aromatic amines is 1. The number of hydrogen-bond acceptors (Lipinski definition) is 1. The Morgan fingerprint density at radius 1 is 1.11 bits per heavy atom. The van der Waals surface area contributed by atoms with Gasteiger partial charge in [0, 0.05) is 26.6 Å². The van der Waals surface area contributed by atoms with E-state index in [-0.39, 0.29) is 0 Å². The van der Waals surface area contributed by atoms with Crippen molar-refractivity contribution in [1.82, 2.24) is 4.98 Å². The molecule has 0 aliphatic rings. The average molecular weight is 316 g/mol. The summed E-state index contributed by atoms with van der Waals surface area (Å²) in [5.74, 6) is 0. The summed E-state index contributed by atoms with van der Waals surface area (Å²) in [6, 6.07) is 15.8. The number of aliphatic hydroxyl groups is 1. The summed E-state index contributed by atoms with van der Waals surface area (Å²) in [5, 5.41) is 11.7. The number of rotatable bonds is 2. The van der Waals surface area contributed by atoms with Crippen LogP contribution in [0.1, 0.15) is 22.9 Å². The number of hydrogen-bond donors (Lipinski definition) is 2. The zero-order valence-electron chi connectivity index (χ0n) is 10.5. The van der Waals surface area contributed by atoms with E-state index in [1.165, 1.54) is 0 Å². The van der Waals surface area contributed by atoms with E-state index < -0.39 is 6.10 Å². The minimum absolute atomic E-state index is 0.617. The van der Waals surface area contributed by atoms with Crippen LogP contribution < -0.4 is 0 Å². The van der Waals surface area contributed by atoms with Crippen LogP contribution in [0.3, 0.4) is 0 Å². The standard InChI is InChI=1S/C16H14BrNO/c1-10-15(13-7-2-3-8-14(13)18-10)16(19)11-5-4-6-12(17)9-11/h2-9,16,18-19H,1H3. The van der Waals surface area contributed by atoms with Crippen LogP contribution in [0.4, 0.5) is 0 Å². The highest BCUT2D eigenvalue weighted by Crippen LogP contribution is 2.32. The predicted molar refractivity (Wildman–Crippen MR) is 81.2 cm³/mol. The lowest BCUT2D eigenvalue weighted by Crippen LogP contribution is -2.00. The van der Waals surface area contributed by atoms with Gasteiger partial charge >= 0.3 is 0 Å². The first-order valence-corrected chi connectivity index (χ1v) is 6.97. The molecule has 1 atom stereocenters. The number of halogens is 1. The van der Waals surface area contributed by atoms with Crippen molar-refractivity contribution < 1.29 is 5.11 Å². The summed E-state index contributed by atoms with van der Waals surface area (Å²) in [4.78, 5) is 3.32. The third-order valence-electron chi connectivity index (χ3n) is 3.38. The van der Waals surface area contributed by atoms with Crippen molar-refractivity contribution in [3.8, 4) is 0 Å². The van der Waals surface area contributed by atoms with E-state index in [0.717, 1.165) is 32.2 Å². The zero-order valence-corrected chi connectivity index (χ0v) is 12.1. The van der Waals surface area contributed by atoms with Gasteiger partial charge in [0.15, 0.2) is 0 Å². The molecular formula is C16H14BrNO. The maximum Gasteiger partial charge on any atom is 0.106 e. The number of aryl methyl sites for hydroxylation is 1. The second kappa shape index (κ2) is 4.83. The zero-order chi connectivity index (χ0) is 13.4. The van der Waals surface area contributed by atoms with Gasteiger partial charge in [-0.05, 0) is 30.7 Å². The van der Waals surface area contributed by atoms with Crippen LogP contribution >= 0.6 is 15.9 Å². The third kappa shape index (κ3) is 2.20. The van der Waals surface area contributed by atoms with Gasteiger partial charge in [0.2, 0.25) is 0 Å². The quantitative estimate of drug-likeness (QED) is 0.726. The van der Waals surface area contributed by atoms with Crippen LogP contribution in [0, 0.1) is 6.92 Å². The molecule has 0 saturated carbocycles. The van der Waals surface area contributed by atoms with Gasteiger partial charge < -0.3 is 10.1 Å². The highest BCUT2D eigenvalue weighted by molar-refractivity contribution is 9.10. The molecule has 0 radical (unpaired) electrons. The maximum absolute atomic E-state index is 10.6. The predicted octanol–water partition coefficient (Wildman–Crippen LogP) is 4.32. The Kier molecular flexibility index (Phi) is 3.17. The van der Waals surface area contributed by atoms with E-state index in [0.29, 0.717) is 0 Å². The lowest BCUT2D eigenvalue weighted by molar-refractivity contribution is 0.221. The van der Waals surface area contributed by atoms with Gasteiger partial charge in [-0.15, -0.1) is 0 Å². The Balaban J connectivity index is 2.16. The van der Waals surface area contributed by atoms with Gasteiger partial charge in [-0.25, -0.2) is 0 Å². The first kappa shape index (κ1) is 12.5. The van der Waals surface area contributed by atoms with E-state index in [4.69, 9.17) is 0 Å². The van der Waals surface area contributed by atoms with Crippen molar-refractivity contribution in [3.05, 3.63) is 69.8 Å². The van der Waals surface area contributed by atoms with Gasteiger partial charge in [0.1, 0.15) is 6.10 Å². The minimum atomic E-state index is -0.617. The van der Waals surface area contributed by atoms with Crippen molar-refractivity contribution in [2.75, 3.05) is 0 Å². The van der Waals surface area contributed by atoms with Gasteiger partial charge in [0.05, 0.1) is 0 Å². The Bertz CT molecular complexity index is 732. The van der Waals surface area contributed by atoms with E-state index in [1.54, 1.807) is 0 Å². The molecule has 0 aliphatic carbocycles. The van der Waals surface area contributed by atoms with E-state index in [2.05, 4.69) is 20.9 Å². The Hall–Kier alpha value is -1.58. The summed E-state index contributed by atoms with van der Waals surface area (Å²) >= 11 is 3.44.